The molecule has 2 amide bonds. The summed E-state index contributed by atoms with van der Waals surface area (Å²) in [7, 11) is 0. The molecular weight excluding hydrogens is 497 g/mol. The fraction of sp³-hybridized carbons (Fsp3) is 0.423. The van der Waals surface area contributed by atoms with Crippen LogP contribution in [0, 0.1) is 5.92 Å². The van der Waals surface area contributed by atoms with E-state index in [1.165, 1.54) is 17.0 Å². The maximum atomic E-state index is 13.5. The van der Waals surface area contributed by atoms with Crippen LogP contribution in [0.5, 0.6) is 0 Å². The number of carbonyl (C=O) groups is 3. The maximum absolute atomic E-state index is 13.5. The number of rotatable bonds is 10. The monoisotopic (exact) mass is 524 g/mol. The van der Waals surface area contributed by atoms with Crippen LogP contribution in [-0.4, -0.2) is 40.7 Å². The van der Waals surface area contributed by atoms with Crippen molar-refractivity contribution in [3.05, 3.63) is 65.7 Å². The van der Waals surface area contributed by atoms with Gasteiger partial charge in [0.25, 0.3) is 0 Å². The van der Waals surface area contributed by atoms with Crippen molar-refractivity contribution >= 4 is 35.1 Å². The number of nitrogens with one attached hydrogen (secondary N) is 1. The Morgan fingerprint density at radius 2 is 1.72 bits per heavy atom. The normalized spacial score (nSPS) is 19.2. The summed E-state index contributed by atoms with van der Waals surface area (Å²) in [5.74, 6) is -2.55. The Balaban J connectivity index is 1.88. The van der Waals surface area contributed by atoms with Gasteiger partial charge in [0.05, 0.1) is 18.1 Å². The molecule has 0 bridgehead atoms. The first-order valence-corrected chi connectivity index (χ1v) is 12.2. The summed E-state index contributed by atoms with van der Waals surface area (Å²) in [6, 6.07) is 13.0. The standard InChI is InChI=1S/C26H28ClF3N2O4/c1-2-3-13-36-23(34)19-14-25(15-19,24(35)31-21-7-5-4-6-8-21)32(22(33)16-27)17-18-9-11-20(12-10-18)26(28,29)30/h4-12,19H,2-3,13-17H2,1H3,(H,31,35). The number of para-hydroxylation sites is 1. The summed E-state index contributed by atoms with van der Waals surface area (Å²) in [5, 5.41) is 2.79. The largest absolute Gasteiger partial charge is 0.465 e. The third-order valence-electron chi connectivity index (χ3n) is 6.25. The van der Waals surface area contributed by atoms with Crippen LogP contribution in [0.15, 0.2) is 54.6 Å². The lowest BCUT2D eigenvalue weighted by molar-refractivity contribution is -0.168. The Morgan fingerprint density at radius 3 is 2.28 bits per heavy atom. The van der Waals surface area contributed by atoms with Crippen molar-refractivity contribution in [3.63, 3.8) is 0 Å². The van der Waals surface area contributed by atoms with E-state index in [0.717, 1.165) is 18.6 Å². The van der Waals surface area contributed by atoms with Crippen LogP contribution >= 0.6 is 11.6 Å². The quantitative estimate of drug-likeness (QED) is 0.256. The Labute approximate surface area is 212 Å². The van der Waals surface area contributed by atoms with Crippen molar-refractivity contribution in [2.45, 2.75) is 50.9 Å². The third-order valence-corrected chi connectivity index (χ3v) is 6.48. The lowest BCUT2D eigenvalue weighted by atomic mass is 9.66. The van der Waals surface area contributed by atoms with E-state index in [9.17, 15) is 27.6 Å². The van der Waals surface area contributed by atoms with Crippen LogP contribution in [0.4, 0.5) is 18.9 Å². The molecule has 0 radical (unpaired) electrons. The number of anilines is 1. The zero-order valence-electron chi connectivity index (χ0n) is 19.8. The first-order valence-electron chi connectivity index (χ1n) is 11.7. The summed E-state index contributed by atoms with van der Waals surface area (Å²) in [5.41, 5.74) is -1.35. The lowest BCUT2D eigenvalue weighted by Crippen LogP contribution is -2.66. The van der Waals surface area contributed by atoms with Gasteiger partial charge >= 0.3 is 12.1 Å². The molecule has 1 N–H and O–H groups in total. The first kappa shape index (κ1) is 27.5. The second-order valence-corrected chi connectivity index (χ2v) is 9.05. The summed E-state index contributed by atoms with van der Waals surface area (Å²) in [6.45, 7) is 2.08. The van der Waals surface area contributed by atoms with Gasteiger partial charge in [-0.15, -0.1) is 11.6 Å². The highest BCUT2D eigenvalue weighted by molar-refractivity contribution is 6.27. The molecule has 0 unspecified atom stereocenters. The first-order chi connectivity index (χ1) is 17.1. The van der Waals surface area contributed by atoms with Crippen LogP contribution in [0.1, 0.15) is 43.7 Å². The maximum Gasteiger partial charge on any atom is 0.416 e. The number of amides is 2. The Morgan fingerprint density at radius 1 is 1.08 bits per heavy atom. The van der Waals surface area contributed by atoms with Gasteiger partial charge in [0.1, 0.15) is 11.4 Å². The molecule has 0 atom stereocenters. The molecule has 0 saturated heterocycles. The van der Waals surface area contributed by atoms with Crippen molar-refractivity contribution in [1.82, 2.24) is 4.90 Å². The SMILES string of the molecule is CCCCOC(=O)C1CC(C(=O)Nc2ccccc2)(N(Cc2ccc(C(F)(F)F)cc2)C(=O)CCl)C1. The number of esters is 1. The molecule has 3 rings (SSSR count). The fourth-order valence-corrected chi connectivity index (χ4v) is 4.33. The van der Waals surface area contributed by atoms with Gasteiger partial charge in [-0.25, -0.2) is 0 Å². The minimum absolute atomic E-state index is 0.0138. The molecule has 1 saturated carbocycles. The number of nitrogens with zero attached hydrogens (tertiary/aromatic N) is 1. The van der Waals surface area contributed by atoms with Crippen LogP contribution in [0.3, 0.4) is 0 Å². The summed E-state index contributed by atoms with van der Waals surface area (Å²) >= 11 is 5.87. The Hall–Kier alpha value is -3.07. The second kappa shape index (κ2) is 11.8. The number of unbranched alkanes of at least 4 members (excludes halogenated alkanes) is 1. The third kappa shape index (κ3) is 6.37. The molecule has 1 aliphatic carbocycles. The molecule has 0 heterocycles. The van der Waals surface area contributed by atoms with Crippen LogP contribution in [-0.2, 0) is 31.8 Å². The number of hydrogen-bond acceptors (Lipinski definition) is 4. The van der Waals surface area contributed by atoms with Gasteiger partial charge in [0.15, 0.2) is 0 Å². The predicted octanol–water partition coefficient (Wildman–Crippen LogP) is 5.40. The van der Waals surface area contributed by atoms with Gasteiger partial charge < -0.3 is 15.0 Å². The summed E-state index contributed by atoms with van der Waals surface area (Å²) < 4.78 is 44.2. The zero-order valence-corrected chi connectivity index (χ0v) is 20.6. The molecule has 10 heteroatoms. The number of halogens is 4. The van der Waals surface area contributed by atoms with Gasteiger partial charge in [-0.1, -0.05) is 43.7 Å². The molecule has 2 aromatic carbocycles. The molecule has 1 fully saturated rings. The van der Waals surface area contributed by atoms with E-state index >= 15 is 0 Å². The van der Waals surface area contributed by atoms with Crippen molar-refractivity contribution in [2.24, 2.45) is 5.92 Å². The highest BCUT2D eigenvalue weighted by atomic mass is 35.5. The zero-order chi connectivity index (χ0) is 26.3. The lowest BCUT2D eigenvalue weighted by Gasteiger charge is -2.51. The van der Waals surface area contributed by atoms with E-state index in [1.54, 1.807) is 30.3 Å². The molecule has 1 aliphatic rings. The van der Waals surface area contributed by atoms with Gasteiger partial charge in [0, 0.05) is 12.2 Å². The highest BCUT2D eigenvalue weighted by Crippen LogP contribution is 2.45. The molecular formula is C26H28ClF3N2O4. The molecule has 0 aliphatic heterocycles. The molecule has 36 heavy (non-hydrogen) atoms. The van der Waals surface area contributed by atoms with Gasteiger partial charge in [-0.2, -0.15) is 13.2 Å². The van der Waals surface area contributed by atoms with E-state index in [0.29, 0.717) is 17.7 Å². The summed E-state index contributed by atoms with van der Waals surface area (Å²) in [4.78, 5) is 40.3. The fourth-order valence-electron chi connectivity index (χ4n) is 4.19. The summed E-state index contributed by atoms with van der Waals surface area (Å²) in [6.07, 6.45) is -2.91. The Kier molecular flexibility index (Phi) is 9.00. The average molecular weight is 525 g/mol. The van der Waals surface area contributed by atoms with E-state index < -0.39 is 46.9 Å². The van der Waals surface area contributed by atoms with Crippen molar-refractivity contribution in [2.75, 3.05) is 17.8 Å². The van der Waals surface area contributed by atoms with E-state index in [2.05, 4.69) is 5.32 Å². The molecule has 0 spiro atoms. The number of ether oxygens (including phenoxy) is 1. The van der Waals surface area contributed by atoms with Crippen molar-refractivity contribution < 1.29 is 32.3 Å². The van der Waals surface area contributed by atoms with E-state index in [4.69, 9.17) is 16.3 Å². The molecule has 2 aromatic rings. The minimum atomic E-state index is -4.50. The molecule has 194 valence electrons. The minimum Gasteiger partial charge on any atom is -0.465 e. The topological polar surface area (TPSA) is 75.7 Å². The van der Waals surface area contributed by atoms with E-state index in [1.807, 2.05) is 6.92 Å². The predicted molar refractivity (Wildman–Crippen MR) is 129 cm³/mol. The molecule has 0 aromatic heterocycles. The Bertz CT molecular complexity index is 1060. The number of hydrogen-bond donors (Lipinski definition) is 1. The molecule has 6 nitrogen and oxygen atoms in total. The number of carbonyl (C=O) groups excluding carboxylic acids is 3. The van der Waals surface area contributed by atoms with Crippen LogP contribution in [0.25, 0.3) is 0 Å². The van der Waals surface area contributed by atoms with Gasteiger partial charge in [-0.3, -0.25) is 14.4 Å². The number of alkyl halides is 4. The smallest absolute Gasteiger partial charge is 0.416 e. The number of benzene rings is 2. The second-order valence-electron chi connectivity index (χ2n) is 8.79. The van der Waals surface area contributed by atoms with Gasteiger partial charge in [-0.05, 0) is 49.1 Å². The van der Waals surface area contributed by atoms with Gasteiger partial charge in [0.2, 0.25) is 11.8 Å². The van der Waals surface area contributed by atoms with E-state index in [-0.39, 0.29) is 26.0 Å². The van der Waals surface area contributed by atoms with Crippen molar-refractivity contribution in [3.8, 4) is 0 Å². The van der Waals surface area contributed by atoms with Crippen LogP contribution < -0.4 is 5.32 Å². The van der Waals surface area contributed by atoms with Crippen LogP contribution in [0.2, 0.25) is 0 Å². The highest BCUT2D eigenvalue weighted by Gasteiger charge is 2.58. The average Bonchev–Trinajstić information content (AvgIpc) is 2.82. The van der Waals surface area contributed by atoms with Crippen molar-refractivity contribution in [1.29, 1.82) is 0 Å².